The summed E-state index contributed by atoms with van der Waals surface area (Å²) in [4.78, 5) is 45.5. The van der Waals surface area contributed by atoms with E-state index < -0.39 is 23.9 Å². The molecular formula is C31H33N3O5. The fourth-order valence-corrected chi connectivity index (χ4v) is 4.06. The lowest BCUT2D eigenvalue weighted by molar-refractivity contribution is 0.0871. The maximum absolute atomic E-state index is 13.5. The third-order valence-corrected chi connectivity index (χ3v) is 6.55. The molecule has 8 nitrogen and oxygen atoms in total. The first-order valence-corrected chi connectivity index (χ1v) is 13.2. The number of nitrogens with one attached hydrogen (secondary N) is 1. The smallest absolute Gasteiger partial charge is 0.418 e. The van der Waals surface area contributed by atoms with E-state index in [0.29, 0.717) is 23.9 Å². The van der Waals surface area contributed by atoms with Crippen LogP contribution in [0.25, 0.3) is 11.1 Å². The fraction of sp³-hybridized carbons (Fsp3) is 0.290. The van der Waals surface area contributed by atoms with Gasteiger partial charge in [-0.15, -0.1) is 0 Å². The van der Waals surface area contributed by atoms with E-state index in [1.165, 1.54) is 0 Å². The molecule has 0 aliphatic carbocycles. The lowest BCUT2D eigenvalue weighted by Gasteiger charge is -2.26. The van der Waals surface area contributed by atoms with Crippen molar-refractivity contribution in [3.63, 3.8) is 0 Å². The molecule has 202 valence electrons. The van der Waals surface area contributed by atoms with E-state index in [1.54, 1.807) is 18.2 Å². The third-order valence-electron chi connectivity index (χ3n) is 6.55. The highest BCUT2D eigenvalue weighted by atomic mass is 16.6. The minimum Gasteiger partial charge on any atom is -0.444 e. The molecule has 3 amide bonds. The van der Waals surface area contributed by atoms with Crippen LogP contribution in [0.5, 0.6) is 0 Å². The summed E-state index contributed by atoms with van der Waals surface area (Å²) in [5.74, 6) is -0.512. The Hall–Kier alpha value is -4.46. The summed E-state index contributed by atoms with van der Waals surface area (Å²) < 4.78 is 11.2. The highest BCUT2D eigenvalue weighted by Gasteiger charge is 2.31. The van der Waals surface area contributed by atoms with Gasteiger partial charge in [0, 0.05) is 6.54 Å². The zero-order chi connectivity index (χ0) is 27.6. The van der Waals surface area contributed by atoms with E-state index in [2.05, 4.69) is 10.3 Å². The van der Waals surface area contributed by atoms with Crippen LogP contribution < -0.4 is 5.32 Å². The van der Waals surface area contributed by atoms with Gasteiger partial charge in [0.05, 0.1) is 6.04 Å². The largest absolute Gasteiger partial charge is 0.444 e. The Morgan fingerprint density at radius 2 is 1.56 bits per heavy atom. The van der Waals surface area contributed by atoms with Crippen LogP contribution in [0.2, 0.25) is 0 Å². The van der Waals surface area contributed by atoms with Crippen molar-refractivity contribution in [3.05, 3.63) is 102 Å². The van der Waals surface area contributed by atoms with Crippen LogP contribution in [0.15, 0.2) is 89.3 Å². The topological polar surface area (TPSA) is 102 Å². The molecule has 0 radical (unpaired) electrons. The van der Waals surface area contributed by atoms with E-state index in [-0.39, 0.29) is 25.0 Å². The van der Waals surface area contributed by atoms with Gasteiger partial charge in [-0.2, -0.15) is 0 Å². The summed E-state index contributed by atoms with van der Waals surface area (Å²) in [7, 11) is 0. The fourth-order valence-electron chi connectivity index (χ4n) is 4.06. The first-order valence-electron chi connectivity index (χ1n) is 13.2. The number of urea groups is 1. The van der Waals surface area contributed by atoms with Crippen molar-refractivity contribution in [2.45, 2.75) is 45.8 Å². The molecule has 2 atom stereocenters. The average molecular weight is 528 g/mol. The van der Waals surface area contributed by atoms with E-state index in [4.69, 9.17) is 9.15 Å². The van der Waals surface area contributed by atoms with Gasteiger partial charge in [0.2, 0.25) is 5.78 Å². The van der Waals surface area contributed by atoms with E-state index in [9.17, 15) is 14.4 Å². The SMILES string of the molecule is CCC(C)CN(C(=O)N[C@@H](CCc1ccccc1)C(=O)c1nc2ccccc2o1)C(=O)OCc1ccccc1. The Balaban J connectivity index is 1.53. The molecule has 0 saturated heterocycles. The number of nitrogens with zero attached hydrogens (tertiary/aromatic N) is 2. The minimum atomic E-state index is -0.966. The Bertz CT molecular complexity index is 1350. The molecule has 4 rings (SSSR count). The molecule has 8 heteroatoms. The molecule has 0 spiro atoms. The van der Waals surface area contributed by atoms with Crippen molar-refractivity contribution in [1.82, 2.24) is 15.2 Å². The van der Waals surface area contributed by atoms with Gasteiger partial charge < -0.3 is 14.5 Å². The summed E-state index contributed by atoms with van der Waals surface area (Å²) in [5, 5.41) is 2.78. The second kappa shape index (κ2) is 13.4. The predicted octanol–water partition coefficient (Wildman–Crippen LogP) is 6.41. The van der Waals surface area contributed by atoms with Gasteiger partial charge in [-0.25, -0.2) is 19.5 Å². The maximum Gasteiger partial charge on any atom is 0.418 e. The second-order valence-corrected chi connectivity index (χ2v) is 9.54. The molecule has 1 N–H and O–H groups in total. The highest BCUT2D eigenvalue weighted by Crippen LogP contribution is 2.18. The van der Waals surface area contributed by atoms with Crippen LogP contribution in [0.1, 0.15) is 48.5 Å². The molecule has 0 saturated carbocycles. The normalized spacial score (nSPS) is 12.5. The number of fused-ring (bicyclic) bond motifs is 1. The molecule has 4 aromatic rings. The number of imide groups is 1. The standard InChI is InChI=1S/C31H33N3O5/c1-3-22(2)20-34(31(37)38-21-24-14-8-5-9-15-24)30(36)33-26(19-18-23-12-6-4-7-13-23)28(35)29-32-25-16-10-11-17-27(25)39-29/h4-17,22,26H,3,18-21H2,1-2H3,(H,33,36)/t22?,26-/m0/s1. The Labute approximate surface area is 228 Å². The number of carbonyl (C=O) groups excluding carboxylic acids is 3. The summed E-state index contributed by atoms with van der Waals surface area (Å²) in [6.45, 7) is 4.11. The van der Waals surface area contributed by atoms with Gasteiger partial charge >= 0.3 is 12.1 Å². The van der Waals surface area contributed by atoms with Crippen LogP contribution >= 0.6 is 0 Å². The quantitative estimate of drug-likeness (QED) is 0.226. The molecule has 3 aromatic carbocycles. The van der Waals surface area contributed by atoms with Gasteiger partial charge in [0.25, 0.3) is 5.89 Å². The zero-order valence-corrected chi connectivity index (χ0v) is 22.2. The summed E-state index contributed by atoms with van der Waals surface area (Å²) in [6, 6.07) is 24.3. The van der Waals surface area contributed by atoms with Crippen LogP contribution in [0.4, 0.5) is 9.59 Å². The molecule has 0 fully saturated rings. The third kappa shape index (κ3) is 7.54. The van der Waals surface area contributed by atoms with Crippen molar-refractivity contribution in [1.29, 1.82) is 0 Å². The number of oxazole rings is 1. The van der Waals surface area contributed by atoms with Gasteiger partial charge in [-0.05, 0) is 42.0 Å². The van der Waals surface area contributed by atoms with Crippen LogP contribution in [-0.2, 0) is 17.8 Å². The second-order valence-electron chi connectivity index (χ2n) is 9.54. The van der Waals surface area contributed by atoms with Gasteiger partial charge in [-0.1, -0.05) is 93.1 Å². The van der Waals surface area contributed by atoms with Gasteiger partial charge in [0.1, 0.15) is 12.1 Å². The number of hydrogen-bond acceptors (Lipinski definition) is 6. The highest BCUT2D eigenvalue weighted by molar-refractivity contribution is 6.01. The number of rotatable bonds is 11. The Kier molecular flexibility index (Phi) is 9.45. The Morgan fingerprint density at radius 1 is 0.923 bits per heavy atom. The van der Waals surface area contributed by atoms with Crippen molar-refractivity contribution in [2.75, 3.05) is 6.54 Å². The predicted molar refractivity (Wildman–Crippen MR) is 148 cm³/mol. The van der Waals surface area contributed by atoms with Crippen molar-refractivity contribution in [3.8, 4) is 0 Å². The number of Topliss-reactive ketones (excluding diaryl/α,β-unsaturated/α-hetero) is 1. The van der Waals surface area contributed by atoms with Crippen molar-refractivity contribution in [2.24, 2.45) is 5.92 Å². The first-order chi connectivity index (χ1) is 18.9. The summed E-state index contributed by atoms with van der Waals surface area (Å²) in [5.41, 5.74) is 2.86. The summed E-state index contributed by atoms with van der Waals surface area (Å²) in [6.07, 6.45) is 0.813. The number of amides is 3. The number of hydrogen-bond donors (Lipinski definition) is 1. The zero-order valence-electron chi connectivity index (χ0n) is 22.2. The van der Waals surface area contributed by atoms with Gasteiger partial charge in [0.15, 0.2) is 5.58 Å². The van der Waals surface area contributed by atoms with E-state index >= 15 is 0 Å². The molecule has 39 heavy (non-hydrogen) atoms. The van der Waals surface area contributed by atoms with Gasteiger partial charge in [-0.3, -0.25) is 4.79 Å². The van der Waals surface area contributed by atoms with Crippen molar-refractivity contribution < 1.29 is 23.5 Å². The molecule has 0 aliphatic rings. The maximum atomic E-state index is 13.5. The monoisotopic (exact) mass is 527 g/mol. The van der Waals surface area contributed by atoms with Crippen LogP contribution in [-0.4, -0.2) is 40.4 Å². The average Bonchev–Trinajstić information content (AvgIpc) is 3.41. The molecule has 0 aliphatic heterocycles. The number of para-hydroxylation sites is 2. The van der Waals surface area contributed by atoms with Crippen molar-refractivity contribution >= 4 is 29.0 Å². The summed E-state index contributed by atoms with van der Waals surface area (Å²) >= 11 is 0. The van der Waals surface area contributed by atoms with Crippen LogP contribution in [0.3, 0.4) is 0 Å². The minimum absolute atomic E-state index is 0.0310. The molecule has 1 aromatic heterocycles. The molecule has 1 heterocycles. The molecule has 1 unspecified atom stereocenters. The number of aromatic nitrogens is 1. The number of carbonyl (C=O) groups is 3. The molecular weight excluding hydrogens is 494 g/mol. The van der Waals surface area contributed by atoms with Crippen LogP contribution in [0, 0.1) is 5.92 Å². The molecule has 0 bridgehead atoms. The number of ether oxygens (including phenoxy) is 1. The number of benzene rings is 3. The van der Waals surface area contributed by atoms with E-state index in [1.807, 2.05) is 80.6 Å². The lowest BCUT2D eigenvalue weighted by Crippen LogP contribution is -2.51. The number of aryl methyl sites for hydroxylation is 1. The first kappa shape index (κ1) is 27.6. The lowest BCUT2D eigenvalue weighted by atomic mass is 10.0. The van der Waals surface area contributed by atoms with E-state index in [0.717, 1.165) is 22.4 Å². The number of ketones is 1. The Morgan fingerprint density at radius 3 is 2.23 bits per heavy atom.